The third-order valence-corrected chi connectivity index (χ3v) is 4.58. The normalized spacial score (nSPS) is 15.4. The van der Waals surface area contributed by atoms with Gasteiger partial charge in [0.15, 0.2) is 0 Å². The highest BCUT2D eigenvalue weighted by Gasteiger charge is 2.25. The molecule has 1 aliphatic heterocycles. The summed E-state index contributed by atoms with van der Waals surface area (Å²) < 4.78 is 10.6. The minimum absolute atomic E-state index is 0.00555. The molecule has 7 heteroatoms. The quantitative estimate of drug-likeness (QED) is 0.843. The third-order valence-electron chi connectivity index (χ3n) is 4.58. The van der Waals surface area contributed by atoms with Gasteiger partial charge in [0.05, 0.1) is 25.5 Å². The number of piperazine rings is 1. The molecular formula is C20H25N3O4. The van der Waals surface area contributed by atoms with Gasteiger partial charge in [-0.25, -0.2) is 4.79 Å². The predicted octanol–water partition coefficient (Wildman–Crippen LogP) is 2.26. The highest BCUT2D eigenvalue weighted by atomic mass is 16.6. The summed E-state index contributed by atoms with van der Waals surface area (Å²) >= 11 is 0. The lowest BCUT2D eigenvalue weighted by molar-refractivity contribution is -0.131. The Kier molecular flexibility index (Phi) is 6.49. The Hall–Kier alpha value is -2.80. The number of hydrogen-bond acceptors (Lipinski definition) is 5. The van der Waals surface area contributed by atoms with E-state index in [2.05, 4.69) is 5.32 Å². The molecule has 2 amide bonds. The van der Waals surface area contributed by atoms with Gasteiger partial charge in [0.2, 0.25) is 5.91 Å². The molecule has 0 unspecified atom stereocenters. The van der Waals surface area contributed by atoms with Crippen LogP contribution in [0.3, 0.4) is 0 Å². The van der Waals surface area contributed by atoms with Crippen LogP contribution in [0.1, 0.15) is 24.3 Å². The van der Waals surface area contributed by atoms with Gasteiger partial charge in [-0.2, -0.15) is 0 Å². The molecule has 2 aromatic rings. The van der Waals surface area contributed by atoms with Crippen molar-refractivity contribution in [1.29, 1.82) is 0 Å². The zero-order valence-electron chi connectivity index (χ0n) is 15.5. The van der Waals surface area contributed by atoms with Crippen molar-refractivity contribution in [2.75, 3.05) is 39.3 Å². The molecule has 27 heavy (non-hydrogen) atoms. The second kappa shape index (κ2) is 9.23. The molecule has 0 saturated carbocycles. The fourth-order valence-corrected chi connectivity index (χ4v) is 3.14. The number of nitrogens with one attached hydrogen (secondary N) is 1. The molecule has 0 bridgehead atoms. The molecule has 0 radical (unpaired) electrons. The van der Waals surface area contributed by atoms with Crippen molar-refractivity contribution in [2.45, 2.75) is 13.0 Å². The summed E-state index contributed by atoms with van der Waals surface area (Å²) in [7, 11) is 0. The Labute approximate surface area is 158 Å². The number of carbonyl (C=O) groups excluding carboxylic acids is 2. The van der Waals surface area contributed by atoms with E-state index in [0.717, 1.165) is 11.3 Å². The Balaban J connectivity index is 1.55. The summed E-state index contributed by atoms with van der Waals surface area (Å²) in [5, 5.41) is 3.30. The molecule has 2 heterocycles. The monoisotopic (exact) mass is 371 g/mol. The maximum atomic E-state index is 12.6. The van der Waals surface area contributed by atoms with Crippen LogP contribution in [0, 0.1) is 0 Å². The van der Waals surface area contributed by atoms with Crippen LogP contribution < -0.4 is 5.32 Å². The van der Waals surface area contributed by atoms with E-state index in [1.54, 1.807) is 23.0 Å². The second-order valence-corrected chi connectivity index (χ2v) is 6.31. The molecule has 1 fully saturated rings. The largest absolute Gasteiger partial charge is 0.467 e. The van der Waals surface area contributed by atoms with Crippen LogP contribution in [0.4, 0.5) is 4.79 Å². The number of ether oxygens (including phenoxy) is 1. The van der Waals surface area contributed by atoms with Crippen LogP contribution in [-0.4, -0.2) is 61.1 Å². The predicted molar refractivity (Wildman–Crippen MR) is 100 cm³/mol. The first-order valence-corrected chi connectivity index (χ1v) is 9.20. The number of nitrogens with zero attached hydrogens (tertiary/aromatic N) is 2. The van der Waals surface area contributed by atoms with Crippen LogP contribution in [0.5, 0.6) is 0 Å². The standard InChI is InChI=1S/C20H25N3O4/c1-2-26-20(25)23-12-10-22(11-13-23)18(24)15-21-19(17-9-6-14-27-17)16-7-4-3-5-8-16/h3-9,14,19,21H,2,10-13,15H2,1H3/t19-/m0/s1. The number of rotatable bonds is 6. The van der Waals surface area contributed by atoms with Gasteiger partial charge in [0, 0.05) is 26.2 Å². The summed E-state index contributed by atoms with van der Waals surface area (Å²) in [5.74, 6) is 0.770. The highest BCUT2D eigenvalue weighted by molar-refractivity contribution is 5.79. The number of amides is 2. The molecule has 1 atom stereocenters. The zero-order valence-corrected chi connectivity index (χ0v) is 15.5. The van der Waals surface area contributed by atoms with Gasteiger partial charge >= 0.3 is 6.09 Å². The van der Waals surface area contributed by atoms with Gasteiger partial charge in [-0.05, 0) is 24.6 Å². The molecular weight excluding hydrogens is 346 g/mol. The summed E-state index contributed by atoms with van der Waals surface area (Å²) in [4.78, 5) is 27.8. The van der Waals surface area contributed by atoms with Gasteiger partial charge in [-0.15, -0.1) is 0 Å². The molecule has 3 rings (SSSR count). The van der Waals surface area contributed by atoms with Crippen molar-refractivity contribution in [3.63, 3.8) is 0 Å². The smallest absolute Gasteiger partial charge is 0.409 e. The molecule has 0 spiro atoms. The van der Waals surface area contributed by atoms with E-state index in [9.17, 15) is 9.59 Å². The third kappa shape index (κ3) is 4.89. The van der Waals surface area contributed by atoms with Gasteiger partial charge < -0.3 is 19.0 Å². The molecule has 144 valence electrons. The van der Waals surface area contributed by atoms with E-state index in [4.69, 9.17) is 9.15 Å². The number of benzene rings is 1. The van der Waals surface area contributed by atoms with E-state index >= 15 is 0 Å². The topological polar surface area (TPSA) is 75.0 Å². The highest BCUT2D eigenvalue weighted by Crippen LogP contribution is 2.22. The Morgan fingerprint density at radius 1 is 1.07 bits per heavy atom. The van der Waals surface area contributed by atoms with E-state index in [-0.39, 0.29) is 24.6 Å². The molecule has 1 aliphatic rings. The van der Waals surface area contributed by atoms with E-state index in [0.29, 0.717) is 32.8 Å². The fraction of sp³-hybridized carbons (Fsp3) is 0.400. The number of furan rings is 1. The average Bonchev–Trinajstić information content (AvgIpc) is 3.23. The Morgan fingerprint density at radius 3 is 2.41 bits per heavy atom. The van der Waals surface area contributed by atoms with Crippen molar-refractivity contribution in [3.05, 3.63) is 60.1 Å². The first-order chi connectivity index (χ1) is 13.2. The lowest BCUT2D eigenvalue weighted by atomic mass is 10.0. The first-order valence-electron chi connectivity index (χ1n) is 9.20. The van der Waals surface area contributed by atoms with Crippen molar-refractivity contribution >= 4 is 12.0 Å². The Morgan fingerprint density at radius 2 is 1.78 bits per heavy atom. The lowest BCUT2D eigenvalue weighted by Gasteiger charge is -2.34. The minimum Gasteiger partial charge on any atom is -0.467 e. The van der Waals surface area contributed by atoms with Crippen molar-refractivity contribution in [1.82, 2.24) is 15.1 Å². The minimum atomic E-state index is -0.315. The number of carbonyl (C=O) groups is 2. The molecule has 1 aromatic carbocycles. The van der Waals surface area contributed by atoms with E-state index in [1.165, 1.54) is 0 Å². The number of hydrogen-bond donors (Lipinski definition) is 1. The van der Waals surface area contributed by atoms with Crippen LogP contribution in [0.15, 0.2) is 53.1 Å². The van der Waals surface area contributed by atoms with Gasteiger partial charge in [0.1, 0.15) is 5.76 Å². The van der Waals surface area contributed by atoms with Gasteiger partial charge in [-0.1, -0.05) is 30.3 Å². The van der Waals surface area contributed by atoms with Gasteiger partial charge in [0.25, 0.3) is 0 Å². The molecule has 1 N–H and O–H groups in total. The van der Waals surface area contributed by atoms with E-state index < -0.39 is 0 Å². The van der Waals surface area contributed by atoms with Gasteiger partial charge in [-0.3, -0.25) is 10.1 Å². The maximum absolute atomic E-state index is 12.6. The summed E-state index contributed by atoms with van der Waals surface area (Å²) in [6, 6.07) is 13.4. The lowest BCUT2D eigenvalue weighted by Crippen LogP contribution is -2.52. The van der Waals surface area contributed by atoms with E-state index in [1.807, 2.05) is 42.5 Å². The Bertz CT molecular complexity index is 725. The summed E-state index contributed by atoms with van der Waals surface area (Å²) in [5.41, 5.74) is 1.03. The first kappa shape index (κ1) is 19.0. The van der Waals surface area contributed by atoms with Crippen LogP contribution in [0.2, 0.25) is 0 Å². The fourth-order valence-electron chi connectivity index (χ4n) is 3.14. The summed E-state index contributed by atoms with van der Waals surface area (Å²) in [6.45, 7) is 4.34. The zero-order chi connectivity index (χ0) is 19.1. The molecule has 1 aromatic heterocycles. The molecule has 0 aliphatic carbocycles. The SMILES string of the molecule is CCOC(=O)N1CCN(C(=O)CN[C@@H](c2ccccc2)c2ccco2)CC1. The second-order valence-electron chi connectivity index (χ2n) is 6.31. The summed E-state index contributed by atoms with van der Waals surface area (Å²) in [6.07, 6.45) is 1.31. The maximum Gasteiger partial charge on any atom is 0.409 e. The molecule has 7 nitrogen and oxygen atoms in total. The van der Waals surface area contributed by atoms with Crippen LogP contribution in [-0.2, 0) is 9.53 Å². The van der Waals surface area contributed by atoms with Crippen LogP contribution in [0.25, 0.3) is 0 Å². The molecule has 1 saturated heterocycles. The average molecular weight is 371 g/mol. The van der Waals surface area contributed by atoms with Crippen molar-refractivity contribution in [2.24, 2.45) is 0 Å². The van der Waals surface area contributed by atoms with Crippen LogP contribution >= 0.6 is 0 Å². The van der Waals surface area contributed by atoms with Crippen molar-refractivity contribution < 1.29 is 18.7 Å². The van der Waals surface area contributed by atoms with Crippen molar-refractivity contribution in [3.8, 4) is 0 Å².